The average molecular weight is 535 g/mol. The van der Waals surface area contributed by atoms with E-state index in [1.54, 1.807) is 6.20 Å². The van der Waals surface area contributed by atoms with Gasteiger partial charge in [0.05, 0.1) is 35.5 Å². The highest BCUT2D eigenvalue weighted by Crippen LogP contribution is 2.37. The van der Waals surface area contributed by atoms with E-state index >= 15 is 0 Å². The quantitative estimate of drug-likeness (QED) is 0.257. The number of aromatic nitrogens is 8. The first-order valence-electron chi connectivity index (χ1n) is 13.6. The van der Waals surface area contributed by atoms with E-state index in [-0.39, 0.29) is 0 Å². The molecule has 0 atom stereocenters. The summed E-state index contributed by atoms with van der Waals surface area (Å²) >= 11 is 6.55. The van der Waals surface area contributed by atoms with E-state index in [4.69, 9.17) is 16.6 Å². The molecule has 2 saturated carbocycles. The highest BCUT2D eigenvalue weighted by atomic mass is 35.5. The third kappa shape index (κ3) is 5.91. The maximum atomic E-state index is 6.55. The molecule has 0 aromatic carbocycles. The minimum atomic E-state index is 0.532. The number of rotatable bonds is 11. The Kier molecular flexibility index (Phi) is 7.42. The Labute approximate surface area is 227 Å². The lowest BCUT2D eigenvalue weighted by molar-refractivity contribution is 0.124. The van der Waals surface area contributed by atoms with Crippen molar-refractivity contribution in [3.8, 4) is 11.3 Å². The van der Waals surface area contributed by atoms with E-state index in [9.17, 15) is 0 Å². The van der Waals surface area contributed by atoms with Gasteiger partial charge in [0.1, 0.15) is 0 Å². The SMILES string of the molecule is Cn1ncc(-c2nc(NCC3CCC(N(Cc4cn[nH]c4)Cc4cn[nH]c4)CC3)ncc2Cl)c1CC1CC1. The molecule has 4 aromatic rings. The van der Waals surface area contributed by atoms with Gasteiger partial charge in [-0.1, -0.05) is 11.6 Å². The van der Waals surface area contributed by atoms with Gasteiger partial charge >= 0.3 is 0 Å². The van der Waals surface area contributed by atoms with Crippen molar-refractivity contribution >= 4 is 17.5 Å². The Bertz CT molecular complexity index is 1270. The summed E-state index contributed by atoms with van der Waals surface area (Å²) in [4.78, 5) is 11.9. The van der Waals surface area contributed by atoms with Gasteiger partial charge in [-0.3, -0.25) is 19.8 Å². The summed E-state index contributed by atoms with van der Waals surface area (Å²) in [6.45, 7) is 2.63. The second kappa shape index (κ2) is 11.2. The van der Waals surface area contributed by atoms with Gasteiger partial charge in [-0.15, -0.1) is 0 Å². The minimum absolute atomic E-state index is 0.532. The Hall–Kier alpha value is -3.24. The van der Waals surface area contributed by atoms with E-state index in [1.807, 2.05) is 42.7 Å². The summed E-state index contributed by atoms with van der Waals surface area (Å²) < 4.78 is 1.96. The first-order valence-corrected chi connectivity index (χ1v) is 14.0. The molecule has 38 heavy (non-hydrogen) atoms. The number of halogens is 1. The molecular weight excluding hydrogens is 500 g/mol. The molecule has 0 amide bonds. The van der Waals surface area contributed by atoms with E-state index in [2.05, 4.69) is 40.7 Å². The van der Waals surface area contributed by atoms with Crippen molar-refractivity contribution in [3.05, 3.63) is 59.0 Å². The smallest absolute Gasteiger partial charge is 0.223 e. The molecule has 4 aromatic heterocycles. The third-order valence-corrected chi connectivity index (χ3v) is 8.28. The number of nitrogens with one attached hydrogen (secondary N) is 3. The van der Waals surface area contributed by atoms with Crippen molar-refractivity contribution in [1.29, 1.82) is 0 Å². The largest absolute Gasteiger partial charge is 0.354 e. The van der Waals surface area contributed by atoms with Crippen molar-refractivity contribution in [1.82, 2.24) is 45.0 Å². The van der Waals surface area contributed by atoms with E-state index in [0.717, 1.165) is 56.1 Å². The predicted octanol–water partition coefficient (Wildman–Crippen LogP) is 4.60. The standard InChI is InChI=1S/C27H35ClN10/c1-37-25(8-18-2-3-18)23(14-35-37)26-24(28)15-30-27(36-26)29-9-19-4-6-22(7-5-19)38(16-20-10-31-32-11-20)17-21-12-33-34-13-21/h10-15,18-19,22H,2-9,16-17H2,1H3,(H,31,32)(H,33,34)(H,29,30,36). The topological polar surface area (TPSA) is 116 Å². The second-order valence-electron chi connectivity index (χ2n) is 10.8. The molecule has 2 aliphatic carbocycles. The zero-order valence-electron chi connectivity index (χ0n) is 21.8. The Balaban J connectivity index is 1.06. The minimum Gasteiger partial charge on any atom is -0.354 e. The number of anilines is 1. The van der Waals surface area contributed by atoms with Crippen LogP contribution in [0.1, 0.15) is 55.3 Å². The summed E-state index contributed by atoms with van der Waals surface area (Å²) in [6, 6.07) is 0.532. The first kappa shape index (κ1) is 25.1. The molecule has 4 heterocycles. The van der Waals surface area contributed by atoms with E-state index < -0.39 is 0 Å². The lowest BCUT2D eigenvalue weighted by atomic mass is 9.85. The summed E-state index contributed by atoms with van der Waals surface area (Å²) in [5.74, 6) is 1.98. The van der Waals surface area contributed by atoms with Crippen LogP contribution in [-0.4, -0.2) is 57.6 Å². The van der Waals surface area contributed by atoms with Gasteiger partial charge < -0.3 is 5.32 Å². The number of H-pyrrole nitrogens is 2. The molecule has 200 valence electrons. The molecule has 0 aliphatic heterocycles. The van der Waals surface area contributed by atoms with E-state index in [0.29, 0.717) is 22.9 Å². The van der Waals surface area contributed by atoms with Crippen molar-refractivity contribution in [2.24, 2.45) is 18.9 Å². The molecule has 11 heteroatoms. The van der Waals surface area contributed by atoms with Crippen LogP contribution in [-0.2, 0) is 26.6 Å². The van der Waals surface area contributed by atoms with Crippen LogP contribution in [0.25, 0.3) is 11.3 Å². The van der Waals surface area contributed by atoms with Crippen LogP contribution >= 0.6 is 11.6 Å². The number of aryl methyl sites for hydroxylation is 1. The van der Waals surface area contributed by atoms with Crippen LogP contribution in [0.3, 0.4) is 0 Å². The van der Waals surface area contributed by atoms with Crippen LogP contribution in [0, 0.1) is 11.8 Å². The Morgan fingerprint density at radius 1 is 0.947 bits per heavy atom. The Morgan fingerprint density at radius 2 is 1.63 bits per heavy atom. The lowest BCUT2D eigenvalue weighted by Gasteiger charge is -2.36. The number of hydrogen-bond acceptors (Lipinski definition) is 7. The van der Waals surface area contributed by atoms with Crippen molar-refractivity contribution < 1.29 is 0 Å². The molecule has 0 saturated heterocycles. The molecule has 0 spiro atoms. The zero-order valence-corrected chi connectivity index (χ0v) is 22.5. The summed E-state index contributed by atoms with van der Waals surface area (Å²) in [7, 11) is 2.00. The summed E-state index contributed by atoms with van der Waals surface area (Å²) in [5, 5.41) is 22.7. The highest BCUT2D eigenvalue weighted by molar-refractivity contribution is 6.32. The summed E-state index contributed by atoms with van der Waals surface area (Å²) in [6.07, 6.45) is 19.7. The zero-order chi connectivity index (χ0) is 25.9. The van der Waals surface area contributed by atoms with E-state index in [1.165, 1.54) is 42.5 Å². The monoisotopic (exact) mass is 534 g/mol. The molecule has 0 unspecified atom stereocenters. The van der Waals surface area contributed by atoms with Gasteiger partial charge in [0.2, 0.25) is 5.95 Å². The van der Waals surface area contributed by atoms with Gasteiger partial charge in [0, 0.05) is 67.5 Å². The van der Waals surface area contributed by atoms with Gasteiger partial charge in [0.25, 0.3) is 0 Å². The van der Waals surface area contributed by atoms with Crippen LogP contribution in [0.15, 0.2) is 37.2 Å². The highest BCUT2D eigenvalue weighted by Gasteiger charge is 2.28. The van der Waals surface area contributed by atoms with Crippen molar-refractivity contribution in [2.45, 2.75) is 64.1 Å². The maximum absolute atomic E-state index is 6.55. The van der Waals surface area contributed by atoms with Crippen LogP contribution in [0.4, 0.5) is 5.95 Å². The molecule has 2 fully saturated rings. The van der Waals surface area contributed by atoms with Gasteiger partial charge in [-0.05, 0) is 56.8 Å². The molecule has 10 nitrogen and oxygen atoms in total. The van der Waals surface area contributed by atoms with Crippen LogP contribution in [0.5, 0.6) is 0 Å². The number of hydrogen-bond donors (Lipinski definition) is 3. The van der Waals surface area contributed by atoms with Crippen LogP contribution < -0.4 is 5.32 Å². The van der Waals surface area contributed by atoms with Crippen molar-refractivity contribution in [3.63, 3.8) is 0 Å². The number of aromatic amines is 2. The third-order valence-electron chi connectivity index (χ3n) is 8.00. The van der Waals surface area contributed by atoms with Gasteiger partial charge in [0.15, 0.2) is 0 Å². The molecular formula is C27H35ClN10. The molecule has 2 aliphatic rings. The fourth-order valence-electron chi connectivity index (χ4n) is 5.60. The fourth-order valence-corrected chi connectivity index (χ4v) is 5.79. The summed E-state index contributed by atoms with van der Waals surface area (Å²) in [5.41, 5.74) is 5.41. The van der Waals surface area contributed by atoms with Gasteiger partial charge in [-0.2, -0.15) is 15.3 Å². The molecule has 0 bridgehead atoms. The molecule has 6 rings (SSSR count). The van der Waals surface area contributed by atoms with Gasteiger partial charge in [-0.25, -0.2) is 9.97 Å². The average Bonchev–Trinajstić information content (AvgIpc) is 3.25. The maximum Gasteiger partial charge on any atom is 0.223 e. The number of nitrogens with zero attached hydrogens (tertiary/aromatic N) is 7. The predicted molar refractivity (Wildman–Crippen MR) is 146 cm³/mol. The van der Waals surface area contributed by atoms with Crippen molar-refractivity contribution in [2.75, 3.05) is 11.9 Å². The second-order valence-corrected chi connectivity index (χ2v) is 11.2. The fraction of sp³-hybridized carbons (Fsp3) is 0.519. The lowest BCUT2D eigenvalue weighted by Crippen LogP contribution is -2.38. The normalized spacial score (nSPS) is 19.8. The first-order chi connectivity index (χ1) is 18.6. The molecule has 0 radical (unpaired) electrons. The Morgan fingerprint density at radius 3 is 2.26 bits per heavy atom. The molecule has 3 N–H and O–H groups in total. The van der Waals surface area contributed by atoms with Crippen LogP contribution in [0.2, 0.25) is 5.02 Å².